The van der Waals surface area contributed by atoms with Crippen LogP contribution < -0.4 is 15.2 Å². The lowest BCUT2D eigenvalue weighted by Crippen LogP contribution is -2.44. The van der Waals surface area contributed by atoms with Gasteiger partial charge in [-0.3, -0.25) is 14.3 Å². The first-order chi connectivity index (χ1) is 13.4. The second-order valence-electron chi connectivity index (χ2n) is 7.22. The first-order valence-electron chi connectivity index (χ1n) is 9.20. The predicted molar refractivity (Wildman–Crippen MR) is 107 cm³/mol. The van der Waals surface area contributed by atoms with E-state index in [4.69, 9.17) is 9.15 Å². The number of rotatable bonds is 4. The molecule has 0 saturated carbocycles. The summed E-state index contributed by atoms with van der Waals surface area (Å²) in [4.78, 5) is 24.4. The monoisotopic (exact) mass is 378 g/mol. The molecule has 28 heavy (non-hydrogen) atoms. The number of furan rings is 1. The van der Waals surface area contributed by atoms with E-state index in [1.165, 1.54) is 13.0 Å². The van der Waals surface area contributed by atoms with Gasteiger partial charge in [-0.25, -0.2) is 0 Å². The predicted octanol–water partition coefficient (Wildman–Crippen LogP) is 3.85. The zero-order valence-corrected chi connectivity index (χ0v) is 16.4. The molecule has 0 saturated heterocycles. The standard InChI is InChI=1S/C22H22N2O4/c1-13(2)23-11-15-8-17(21-6-5-7-28-21)22(27-4)9-16(15)19-10-20(26)18(14(3)25)12-24(19)23/h5-10,12-13H,11H2,1-4H3. The highest BCUT2D eigenvalue weighted by Gasteiger charge is 2.27. The normalized spacial score (nSPS) is 12.7. The van der Waals surface area contributed by atoms with E-state index in [0.717, 1.165) is 28.1 Å². The smallest absolute Gasteiger partial charge is 0.193 e. The van der Waals surface area contributed by atoms with Crippen LogP contribution in [0.5, 0.6) is 5.75 Å². The highest BCUT2D eigenvalue weighted by Crippen LogP contribution is 2.39. The van der Waals surface area contributed by atoms with Crippen molar-refractivity contribution >= 4 is 5.78 Å². The third kappa shape index (κ3) is 2.81. The van der Waals surface area contributed by atoms with E-state index >= 15 is 0 Å². The number of carbonyl (C=O) groups excluding carboxylic acids is 1. The first-order valence-corrected chi connectivity index (χ1v) is 9.20. The molecule has 0 spiro atoms. The van der Waals surface area contributed by atoms with E-state index in [-0.39, 0.29) is 22.8 Å². The zero-order valence-electron chi connectivity index (χ0n) is 16.4. The number of fused-ring (bicyclic) bond motifs is 3. The van der Waals surface area contributed by atoms with Crippen molar-refractivity contribution in [2.45, 2.75) is 33.4 Å². The summed E-state index contributed by atoms with van der Waals surface area (Å²) in [6.07, 6.45) is 3.28. The fourth-order valence-electron chi connectivity index (χ4n) is 3.67. The molecule has 0 unspecified atom stereocenters. The highest BCUT2D eigenvalue weighted by molar-refractivity contribution is 5.94. The van der Waals surface area contributed by atoms with E-state index in [1.807, 2.05) is 22.9 Å². The number of carbonyl (C=O) groups is 1. The quantitative estimate of drug-likeness (QED) is 0.645. The van der Waals surface area contributed by atoms with E-state index in [2.05, 4.69) is 24.9 Å². The number of hydrogen-bond acceptors (Lipinski definition) is 5. The molecule has 6 heteroatoms. The van der Waals surface area contributed by atoms with Gasteiger partial charge in [-0.15, -0.1) is 0 Å². The van der Waals surface area contributed by atoms with Crippen LogP contribution in [0.1, 0.15) is 36.7 Å². The molecule has 0 bridgehead atoms. The van der Waals surface area contributed by atoms with Crippen molar-refractivity contribution in [3.63, 3.8) is 0 Å². The molecule has 0 N–H and O–H groups in total. The van der Waals surface area contributed by atoms with E-state index in [1.54, 1.807) is 19.6 Å². The van der Waals surface area contributed by atoms with Crippen LogP contribution in [0, 0.1) is 0 Å². The second-order valence-corrected chi connectivity index (χ2v) is 7.22. The van der Waals surface area contributed by atoms with Crippen molar-refractivity contribution in [1.82, 2.24) is 4.68 Å². The molecule has 0 radical (unpaired) electrons. The Hall–Kier alpha value is -3.28. The number of aromatic nitrogens is 1. The molecule has 6 nitrogen and oxygen atoms in total. The summed E-state index contributed by atoms with van der Waals surface area (Å²) in [5.41, 5.74) is 3.51. The third-order valence-electron chi connectivity index (χ3n) is 5.10. The van der Waals surface area contributed by atoms with Gasteiger partial charge >= 0.3 is 0 Å². The number of nitrogens with zero attached hydrogens (tertiary/aromatic N) is 2. The minimum absolute atomic E-state index is 0.170. The Morgan fingerprint density at radius 3 is 2.61 bits per heavy atom. The van der Waals surface area contributed by atoms with Crippen molar-refractivity contribution in [1.29, 1.82) is 0 Å². The van der Waals surface area contributed by atoms with Gasteiger partial charge in [0.05, 0.1) is 36.7 Å². The number of Topliss-reactive ketones (excluding diaryl/α,β-unsaturated/α-hetero) is 1. The van der Waals surface area contributed by atoms with Crippen molar-refractivity contribution in [3.05, 3.63) is 64.1 Å². The molecular formula is C22H22N2O4. The summed E-state index contributed by atoms with van der Waals surface area (Å²) >= 11 is 0. The summed E-state index contributed by atoms with van der Waals surface area (Å²) in [5.74, 6) is 1.16. The molecule has 3 aromatic rings. The molecule has 144 valence electrons. The van der Waals surface area contributed by atoms with Gasteiger partial charge in [-0.05, 0) is 50.6 Å². The van der Waals surface area contributed by atoms with Crippen LogP contribution >= 0.6 is 0 Å². The number of ether oxygens (including phenoxy) is 1. The largest absolute Gasteiger partial charge is 0.496 e. The Bertz CT molecular complexity index is 1110. The Kier molecular flexibility index (Phi) is 4.34. The number of hydrogen-bond donors (Lipinski definition) is 0. The molecular weight excluding hydrogens is 356 g/mol. The summed E-state index contributed by atoms with van der Waals surface area (Å²) in [6.45, 7) is 6.21. The molecule has 0 fully saturated rings. The van der Waals surface area contributed by atoms with Gasteiger partial charge in [0.2, 0.25) is 0 Å². The van der Waals surface area contributed by atoms with Crippen LogP contribution in [-0.4, -0.2) is 23.6 Å². The molecule has 1 aliphatic rings. The van der Waals surface area contributed by atoms with E-state index in [9.17, 15) is 9.59 Å². The maximum Gasteiger partial charge on any atom is 0.193 e. The number of methoxy groups -OCH3 is 1. The Balaban J connectivity index is 1.99. The number of ketones is 1. The van der Waals surface area contributed by atoms with Gasteiger partial charge < -0.3 is 14.2 Å². The van der Waals surface area contributed by atoms with Gasteiger partial charge in [-0.2, -0.15) is 0 Å². The fraction of sp³-hybridized carbons (Fsp3) is 0.273. The lowest BCUT2D eigenvalue weighted by atomic mass is 9.96. The minimum Gasteiger partial charge on any atom is -0.496 e. The third-order valence-corrected chi connectivity index (χ3v) is 5.10. The summed E-state index contributed by atoms with van der Waals surface area (Å²) in [6, 6.07) is 9.43. The van der Waals surface area contributed by atoms with Crippen LogP contribution in [-0.2, 0) is 6.54 Å². The summed E-state index contributed by atoms with van der Waals surface area (Å²) in [7, 11) is 1.61. The van der Waals surface area contributed by atoms with Crippen molar-refractivity contribution in [2.24, 2.45) is 0 Å². The molecule has 1 aliphatic heterocycles. The van der Waals surface area contributed by atoms with Crippen LogP contribution in [0.4, 0.5) is 0 Å². The van der Waals surface area contributed by atoms with Crippen LogP contribution in [0.25, 0.3) is 22.6 Å². The van der Waals surface area contributed by atoms with Crippen molar-refractivity contribution in [3.8, 4) is 28.3 Å². The average molecular weight is 378 g/mol. The average Bonchev–Trinajstić information content (AvgIpc) is 3.20. The SMILES string of the molecule is COc1cc2c(cc1-c1ccco1)CN(C(C)C)n1cc(C(C)=O)c(=O)cc1-2. The number of benzene rings is 1. The molecule has 0 atom stereocenters. The molecule has 4 rings (SSSR count). The number of pyridine rings is 1. The molecule has 3 heterocycles. The second kappa shape index (κ2) is 6.71. The van der Waals surface area contributed by atoms with Crippen molar-refractivity contribution in [2.75, 3.05) is 12.1 Å². The lowest BCUT2D eigenvalue weighted by molar-refractivity contribution is 0.101. The van der Waals surface area contributed by atoms with Crippen LogP contribution in [0.2, 0.25) is 0 Å². The maximum absolute atomic E-state index is 12.5. The fourth-order valence-corrected chi connectivity index (χ4v) is 3.67. The molecule has 0 amide bonds. The highest BCUT2D eigenvalue weighted by atomic mass is 16.5. The van der Waals surface area contributed by atoms with Gasteiger partial charge in [0.1, 0.15) is 11.5 Å². The maximum atomic E-state index is 12.5. The Labute approximate surface area is 162 Å². The van der Waals surface area contributed by atoms with Gasteiger partial charge in [0.25, 0.3) is 0 Å². The molecule has 0 aliphatic carbocycles. The lowest BCUT2D eigenvalue weighted by Gasteiger charge is -2.38. The molecule has 1 aromatic carbocycles. The topological polar surface area (TPSA) is 64.7 Å². The molecule has 2 aromatic heterocycles. The van der Waals surface area contributed by atoms with Crippen LogP contribution in [0.15, 0.2) is 52.0 Å². The summed E-state index contributed by atoms with van der Waals surface area (Å²) < 4.78 is 13.1. The zero-order chi connectivity index (χ0) is 20.0. The Morgan fingerprint density at radius 1 is 1.21 bits per heavy atom. The van der Waals surface area contributed by atoms with Gasteiger partial charge in [0, 0.05) is 23.9 Å². The minimum atomic E-state index is -0.274. The van der Waals surface area contributed by atoms with E-state index in [0.29, 0.717) is 12.3 Å². The van der Waals surface area contributed by atoms with Gasteiger partial charge in [0.15, 0.2) is 11.2 Å². The van der Waals surface area contributed by atoms with E-state index < -0.39 is 0 Å². The first kappa shape index (κ1) is 18.1. The summed E-state index contributed by atoms with van der Waals surface area (Å²) in [5, 5.41) is 2.13. The Morgan fingerprint density at radius 2 is 2.00 bits per heavy atom. The van der Waals surface area contributed by atoms with Crippen LogP contribution in [0.3, 0.4) is 0 Å². The van der Waals surface area contributed by atoms with Crippen molar-refractivity contribution < 1.29 is 13.9 Å². The van der Waals surface area contributed by atoms with Gasteiger partial charge in [-0.1, -0.05) is 0 Å².